The number of benzene rings is 1. The van der Waals surface area contributed by atoms with E-state index in [9.17, 15) is 4.79 Å². The van der Waals surface area contributed by atoms with E-state index in [2.05, 4.69) is 10.6 Å². The molecule has 0 bridgehead atoms. The molecule has 1 saturated heterocycles. The number of nitrogens with one attached hydrogen (secondary N) is 2. The van der Waals surface area contributed by atoms with Crippen molar-refractivity contribution in [1.82, 2.24) is 10.6 Å². The topological polar surface area (TPSA) is 50.4 Å². The molecule has 0 unspecified atom stereocenters. The third kappa shape index (κ3) is 3.84. The molecule has 2 aliphatic heterocycles. The number of amides is 2. The predicted molar refractivity (Wildman–Crippen MR) is 85.0 cm³/mol. The lowest BCUT2D eigenvalue weighted by Crippen LogP contribution is -2.41. The fourth-order valence-electron chi connectivity index (χ4n) is 2.71. The molecular formula is C15H19ClN2O2S. The van der Waals surface area contributed by atoms with Gasteiger partial charge in [0.2, 0.25) is 0 Å². The Bertz CT molecular complexity index is 520. The molecule has 4 nitrogen and oxygen atoms in total. The normalized spacial score (nSPS) is 24.4. The van der Waals surface area contributed by atoms with Crippen molar-refractivity contribution in [2.24, 2.45) is 5.92 Å². The molecule has 0 aliphatic carbocycles. The summed E-state index contributed by atoms with van der Waals surface area (Å²) in [6.45, 7) is 2.23. The van der Waals surface area contributed by atoms with Crippen LogP contribution in [0.3, 0.4) is 0 Å². The van der Waals surface area contributed by atoms with Crippen molar-refractivity contribution < 1.29 is 9.53 Å². The summed E-state index contributed by atoms with van der Waals surface area (Å²) in [4.78, 5) is 13.3. The van der Waals surface area contributed by atoms with E-state index < -0.39 is 0 Å². The molecule has 3 rings (SSSR count). The number of urea groups is 1. The Hall–Kier alpha value is -0.910. The number of rotatable bonds is 3. The lowest BCUT2D eigenvalue weighted by molar-refractivity contribution is 0.185. The Balaban J connectivity index is 1.57. The fraction of sp³-hybridized carbons (Fsp3) is 0.533. The molecule has 114 valence electrons. The molecule has 2 heterocycles. The first kappa shape index (κ1) is 15.0. The fourth-order valence-corrected chi connectivity index (χ4v) is 3.99. The van der Waals surface area contributed by atoms with E-state index in [1.54, 1.807) is 0 Å². The second kappa shape index (κ2) is 6.90. The zero-order valence-electron chi connectivity index (χ0n) is 11.7. The lowest BCUT2D eigenvalue weighted by atomic mass is 10.0. The molecular weight excluding hydrogens is 308 g/mol. The molecule has 0 radical (unpaired) electrons. The maximum atomic E-state index is 12.1. The van der Waals surface area contributed by atoms with E-state index in [-0.39, 0.29) is 12.1 Å². The first-order chi connectivity index (χ1) is 10.2. The standard InChI is InChI=1S/C15H19ClN2O2S/c16-11-1-2-14-12(7-11)13(4-6-21-14)18-15(19)17-8-10-3-5-20-9-10/h1-2,7,10,13H,3-6,8-9H2,(H2,17,18,19)/t10-,13+/m1/s1. The van der Waals surface area contributed by atoms with Gasteiger partial charge in [-0.1, -0.05) is 11.6 Å². The maximum Gasteiger partial charge on any atom is 0.315 e. The Kier molecular flexibility index (Phi) is 4.93. The summed E-state index contributed by atoms with van der Waals surface area (Å²) in [5.74, 6) is 1.45. The van der Waals surface area contributed by atoms with Gasteiger partial charge in [0.1, 0.15) is 0 Å². The van der Waals surface area contributed by atoms with E-state index >= 15 is 0 Å². The van der Waals surface area contributed by atoms with Crippen LogP contribution in [0.2, 0.25) is 5.02 Å². The smallest absolute Gasteiger partial charge is 0.315 e. The molecule has 0 spiro atoms. The number of thioether (sulfide) groups is 1. The highest BCUT2D eigenvalue weighted by molar-refractivity contribution is 7.99. The highest BCUT2D eigenvalue weighted by Gasteiger charge is 2.23. The van der Waals surface area contributed by atoms with Crippen molar-refractivity contribution in [3.8, 4) is 0 Å². The minimum atomic E-state index is -0.107. The number of carbonyl (C=O) groups is 1. The van der Waals surface area contributed by atoms with Gasteiger partial charge >= 0.3 is 6.03 Å². The van der Waals surface area contributed by atoms with Crippen LogP contribution in [-0.4, -0.2) is 31.5 Å². The second-order valence-electron chi connectivity index (χ2n) is 5.46. The van der Waals surface area contributed by atoms with Crippen molar-refractivity contribution in [2.75, 3.05) is 25.5 Å². The van der Waals surface area contributed by atoms with Crippen molar-refractivity contribution in [3.05, 3.63) is 28.8 Å². The largest absolute Gasteiger partial charge is 0.381 e. The molecule has 0 aromatic heterocycles. The second-order valence-corrected chi connectivity index (χ2v) is 7.03. The molecule has 0 saturated carbocycles. The van der Waals surface area contributed by atoms with Crippen molar-refractivity contribution in [2.45, 2.75) is 23.8 Å². The lowest BCUT2D eigenvalue weighted by Gasteiger charge is -2.26. The van der Waals surface area contributed by atoms with Crippen LogP contribution in [0.5, 0.6) is 0 Å². The van der Waals surface area contributed by atoms with E-state index in [1.165, 1.54) is 4.90 Å². The Morgan fingerprint density at radius 3 is 3.14 bits per heavy atom. The molecule has 2 N–H and O–H groups in total. The Morgan fingerprint density at radius 2 is 2.33 bits per heavy atom. The summed E-state index contributed by atoms with van der Waals surface area (Å²) in [7, 11) is 0. The van der Waals surface area contributed by atoms with Gasteiger partial charge in [-0.25, -0.2) is 4.79 Å². The number of hydrogen-bond acceptors (Lipinski definition) is 3. The van der Waals surface area contributed by atoms with Crippen molar-refractivity contribution in [3.63, 3.8) is 0 Å². The summed E-state index contributed by atoms with van der Waals surface area (Å²) in [5, 5.41) is 6.73. The minimum Gasteiger partial charge on any atom is -0.381 e. The van der Waals surface area contributed by atoms with Gasteiger partial charge in [-0.15, -0.1) is 11.8 Å². The number of carbonyl (C=O) groups excluding carboxylic acids is 1. The van der Waals surface area contributed by atoms with Gasteiger partial charge < -0.3 is 15.4 Å². The first-order valence-corrected chi connectivity index (χ1v) is 8.63. The van der Waals surface area contributed by atoms with Crippen LogP contribution in [0.15, 0.2) is 23.1 Å². The average molecular weight is 327 g/mol. The zero-order valence-corrected chi connectivity index (χ0v) is 13.3. The first-order valence-electron chi connectivity index (χ1n) is 7.27. The van der Waals surface area contributed by atoms with Gasteiger partial charge in [0.05, 0.1) is 12.6 Å². The van der Waals surface area contributed by atoms with E-state index in [0.29, 0.717) is 17.5 Å². The Morgan fingerprint density at radius 1 is 1.43 bits per heavy atom. The molecule has 21 heavy (non-hydrogen) atoms. The van der Waals surface area contributed by atoms with E-state index in [0.717, 1.165) is 37.4 Å². The van der Waals surface area contributed by atoms with Crippen LogP contribution in [0.25, 0.3) is 0 Å². The van der Waals surface area contributed by atoms with Gasteiger partial charge in [0.15, 0.2) is 0 Å². The van der Waals surface area contributed by atoms with Crippen molar-refractivity contribution in [1.29, 1.82) is 0 Å². The van der Waals surface area contributed by atoms with Crippen LogP contribution in [0.1, 0.15) is 24.4 Å². The van der Waals surface area contributed by atoms with Crippen LogP contribution in [0, 0.1) is 5.92 Å². The highest BCUT2D eigenvalue weighted by Crippen LogP contribution is 2.37. The van der Waals surface area contributed by atoms with Crippen LogP contribution in [-0.2, 0) is 4.74 Å². The summed E-state index contributed by atoms with van der Waals surface area (Å²) < 4.78 is 5.31. The predicted octanol–water partition coefficient (Wildman–Crippen LogP) is 3.21. The van der Waals surface area contributed by atoms with Gasteiger partial charge in [-0.2, -0.15) is 0 Å². The zero-order chi connectivity index (χ0) is 14.7. The molecule has 1 fully saturated rings. The number of hydrogen-bond donors (Lipinski definition) is 2. The van der Waals surface area contributed by atoms with Gasteiger partial charge in [0, 0.05) is 34.7 Å². The molecule has 1 aromatic rings. The third-order valence-corrected chi connectivity index (χ3v) is 5.25. The van der Waals surface area contributed by atoms with Gasteiger partial charge in [-0.05, 0) is 36.6 Å². The monoisotopic (exact) mass is 326 g/mol. The molecule has 2 aliphatic rings. The van der Waals surface area contributed by atoms with Gasteiger partial charge in [0.25, 0.3) is 0 Å². The van der Waals surface area contributed by atoms with Crippen LogP contribution in [0.4, 0.5) is 4.79 Å². The van der Waals surface area contributed by atoms with Crippen molar-refractivity contribution >= 4 is 29.4 Å². The minimum absolute atomic E-state index is 0.0415. The molecule has 6 heteroatoms. The quantitative estimate of drug-likeness (QED) is 0.896. The van der Waals surface area contributed by atoms with Gasteiger partial charge in [-0.3, -0.25) is 0 Å². The molecule has 1 aromatic carbocycles. The summed E-state index contributed by atoms with van der Waals surface area (Å²) in [5.41, 5.74) is 1.12. The average Bonchev–Trinajstić information content (AvgIpc) is 2.99. The summed E-state index contributed by atoms with van der Waals surface area (Å²) in [6, 6.07) is 5.82. The molecule has 2 atom stereocenters. The highest BCUT2D eigenvalue weighted by atomic mass is 35.5. The molecule has 2 amide bonds. The van der Waals surface area contributed by atoms with Crippen LogP contribution >= 0.6 is 23.4 Å². The summed E-state index contributed by atoms with van der Waals surface area (Å²) in [6.07, 6.45) is 1.96. The van der Waals surface area contributed by atoms with E-state index in [4.69, 9.17) is 16.3 Å². The Labute approximate surface area is 134 Å². The third-order valence-electron chi connectivity index (χ3n) is 3.89. The number of ether oxygens (including phenoxy) is 1. The number of fused-ring (bicyclic) bond motifs is 1. The number of halogens is 1. The van der Waals surface area contributed by atoms with Crippen LogP contribution < -0.4 is 10.6 Å². The SMILES string of the molecule is O=C(NC[C@H]1CCOC1)N[C@H]1CCSc2ccc(Cl)cc21. The maximum absolute atomic E-state index is 12.1. The summed E-state index contributed by atoms with van der Waals surface area (Å²) >= 11 is 7.89. The van der Waals surface area contributed by atoms with E-state index in [1.807, 2.05) is 30.0 Å².